The third kappa shape index (κ3) is 3.30. The second-order valence-corrected chi connectivity index (χ2v) is 5.63. The average Bonchev–Trinajstić information content (AvgIpc) is 2.48. The molecular formula is C16H23N3O. The third-order valence-electron chi connectivity index (χ3n) is 4.15. The van der Waals surface area contributed by atoms with E-state index in [0.29, 0.717) is 18.2 Å². The molecule has 0 amide bonds. The van der Waals surface area contributed by atoms with Crippen LogP contribution in [0.25, 0.3) is 0 Å². The molecule has 1 aliphatic heterocycles. The van der Waals surface area contributed by atoms with E-state index >= 15 is 0 Å². The molecule has 1 aromatic rings. The van der Waals surface area contributed by atoms with E-state index in [4.69, 9.17) is 15.7 Å². The van der Waals surface area contributed by atoms with Gasteiger partial charge in [-0.3, -0.25) is 4.90 Å². The second kappa shape index (κ2) is 6.74. The lowest BCUT2D eigenvalue weighted by atomic mass is 9.92. The zero-order chi connectivity index (χ0) is 14.5. The van der Waals surface area contributed by atoms with Crippen molar-refractivity contribution in [3.05, 3.63) is 29.3 Å². The maximum absolute atomic E-state index is 9.04. The largest absolute Gasteiger partial charge is 0.496 e. The van der Waals surface area contributed by atoms with Gasteiger partial charge in [0.25, 0.3) is 0 Å². The van der Waals surface area contributed by atoms with Gasteiger partial charge in [-0.15, -0.1) is 0 Å². The predicted molar refractivity (Wildman–Crippen MR) is 79.4 cm³/mol. The van der Waals surface area contributed by atoms with Crippen LogP contribution in [0.5, 0.6) is 5.75 Å². The van der Waals surface area contributed by atoms with Crippen LogP contribution < -0.4 is 10.5 Å². The molecule has 1 heterocycles. The Bertz CT molecular complexity index is 495. The molecule has 1 aromatic carbocycles. The first-order valence-electron chi connectivity index (χ1n) is 7.19. The molecule has 4 nitrogen and oxygen atoms in total. The predicted octanol–water partition coefficient (Wildman–Crippen LogP) is 2.13. The van der Waals surface area contributed by atoms with Crippen LogP contribution in [0.3, 0.4) is 0 Å². The number of hydrogen-bond acceptors (Lipinski definition) is 4. The number of piperidine rings is 1. The smallest absolute Gasteiger partial charge is 0.123 e. The molecule has 108 valence electrons. The number of nitriles is 1. The number of nitrogens with zero attached hydrogens (tertiary/aromatic N) is 2. The Hall–Kier alpha value is -1.57. The Kier molecular flexibility index (Phi) is 4.99. The minimum Gasteiger partial charge on any atom is -0.496 e. The first-order valence-corrected chi connectivity index (χ1v) is 7.19. The van der Waals surface area contributed by atoms with Gasteiger partial charge in [0.15, 0.2) is 0 Å². The van der Waals surface area contributed by atoms with Gasteiger partial charge in [0.1, 0.15) is 5.75 Å². The van der Waals surface area contributed by atoms with E-state index in [2.05, 4.69) is 17.9 Å². The van der Waals surface area contributed by atoms with Crippen LogP contribution in [0.2, 0.25) is 0 Å². The SMILES string of the molecule is COc1ccc(C#N)cc1CN1CCC(C)CC1CN. The molecule has 20 heavy (non-hydrogen) atoms. The van der Waals surface area contributed by atoms with Crippen molar-refractivity contribution in [3.63, 3.8) is 0 Å². The molecule has 0 spiro atoms. The van der Waals surface area contributed by atoms with E-state index in [9.17, 15) is 0 Å². The van der Waals surface area contributed by atoms with E-state index in [1.807, 2.05) is 12.1 Å². The zero-order valence-corrected chi connectivity index (χ0v) is 12.3. The minimum atomic E-state index is 0.425. The number of benzene rings is 1. The van der Waals surface area contributed by atoms with Crippen molar-refractivity contribution in [3.8, 4) is 11.8 Å². The van der Waals surface area contributed by atoms with Crippen molar-refractivity contribution in [1.29, 1.82) is 5.26 Å². The first-order chi connectivity index (χ1) is 9.67. The van der Waals surface area contributed by atoms with Crippen LogP contribution in [0.4, 0.5) is 0 Å². The molecule has 4 heteroatoms. The molecule has 0 radical (unpaired) electrons. The molecule has 0 aliphatic carbocycles. The van der Waals surface area contributed by atoms with Gasteiger partial charge >= 0.3 is 0 Å². The summed E-state index contributed by atoms with van der Waals surface area (Å²) in [7, 11) is 1.67. The molecule has 0 aromatic heterocycles. The fourth-order valence-electron chi connectivity index (χ4n) is 2.94. The monoisotopic (exact) mass is 273 g/mol. The Morgan fingerprint density at radius 1 is 1.50 bits per heavy atom. The highest BCUT2D eigenvalue weighted by Crippen LogP contribution is 2.27. The van der Waals surface area contributed by atoms with Crippen molar-refractivity contribution in [1.82, 2.24) is 4.90 Å². The highest BCUT2D eigenvalue weighted by atomic mass is 16.5. The summed E-state index contributed by atoms with van der Waals surface area (Å²) >= 11 is 0. The summed E-state index contributed by atoms with van der Waals surface area (Å²) < 4.78 is 5.41. The maximum atomic E-state index is 9.04. The molecule has 2 atom stereocenters. The number of rotatable bonds is 4. The summed E-state index contributed by atoms with van der Waals surface area (Å²) in [5.74, 6) is 1.59. The van der Waals surface area contributed by atoms with Crippen molar-refractivity contribution < 1.29 is 4.74 Å². The van der Waals surface area contributed by atoms with Crippen LogP contribution in [0, 0.1) is 17.2 Å². The number of nitrogens with two attached hydrogens (primary N) is 1. The quantitative estimate of drug-likeness (QED) is 0.913. The number of methoxy groups -OCH3 is 1. The van der Waals surface area contributed by atoms with Crippen molar-refractivity contribution in [2.45, 2.75) is 32.4 Å². The van der Waals surface area contributed by atoms with Gasteiger partial charge in [0, 0.05) is 24.7 Å². The van der Waals surface area contributed by atoms with Crippen molar-refractivity contribution >= 4 is 0 Å². The summed E-state index contributed by atoms with van der Waals surface area (Å²) in [6.07, 6.45) is 2.35. The summed E-state index contributed by atoms with van der Waals surface area (Å²) in [6, 6.07) is 8.20. The first kappa shape index (κ1) is 14.8. The van der Waals surface area contributed by atoms with Gasteiger partial charge in [-0.05, 0) is 43.5 Å². The highest BCUT2D eigenvalue weighted by molar-refractivity contribution is 5.42. The zero-order valence-electron chi connectivity index (χ0n) is 12.3. The van der Waals surface area contributed by atoms with E-state index in [1.165, 1.54) is 6.42 Å². The summed E-state index contributed by atoms with van der Waals surface area (Å²) in [6.45, 7) is 4.83. The number of ether oxygens (including phenoxy) is 1. The van der Waals surface area contributed by atoms with E-state index in [-0.39, 0.29) is 0 Å². The third-order valence-corrected chi connectivity index (χ3v) is 4.15. The van der Waals surface area contributed by atoms with Crippen LogP contribution in [0.1, 0.15) is 30.9 Å². The molecule has 2 N–H and O–H groups in total. The van der Waals surface area contributed by atoms with Crippen LogP contribution in [0.15, 0.2) is 18.2 Å². The number of likely N-dealkylation sites (tertiary alicyclic amines) is 1. The summed E-state index contributed by atoms with van der Waals surface area (Å²) in [4.78, 5) is 2.42. The molecule has 1 aliphatic rings. The fraction of sp³-hybridized carbons (Fsp3) is 0.562. The van der Waals surface area contributed by atoms with Crippen LogP contribution in [-0.4, -0.2) is 31.1 Å². The second-order valence-electron chi connectivity index (χ2n) is 5.63. The molecule has 1 fully saturated rings. The Labute approximate surface area is 121 Å². The Morgan fingerprint density at radius 3 is 2.95 bits per heavy atom. The average molecular weight is 273 g/mol. The molecule has 0 saturated carbocycles. The van der Waals surface area contributed by atoms with E-state index < -0.39 is 0 Å². The Balaban J connectivity index is 2.18. The van der Waals surface area contributed by atoms with Gasteiger partial charge in [-0.2, -0.15) is 5.26 Å². The normalized spacial score (nSPS) is 23.3. The van der Waals surface area contributed by atoms with Gasteiger partial charge < -0.3 is 10.5 Å². The lowest BCUT2D eigenvalue weighted by molar-refractivity contribution is 0.114. The van der Waals surface area contributed by atoms with Crippen LogP contribution in [-0.2, 0) is 6.54 Å². The summed E-state index contributed by atoms with van der Waals surface area (Å²) in [5.41, 5.74) is 7.66. The van der Waals surface area contributed by atoms with E-state index in [1.54, 1.807) is 13.2 Å². The van der Waals surface area contributed by atoms with Gasteiger partial charge in [0.05, 0.1) is 18.7 Å². The topological polar surface area (TPSA) is 62.3 Å². The molecule has 2 unspecified atom stereocenters. The van der Waals surface area contributed by atoms with E-state index in [0.717, 1.165) is 36.7 Å². The molecular weight excluding hydrogens is 250 g/mol. The van der Waals surface area contributed by atoms with Gasteiger partial charge in [-0.1, -0.05) is 6.92 Å². The maximum Gasteiger partial charge on any atom is 0.123 e. The molecule has 2 rings (SSSR count). The lowest BCUT2D eigenvalue weighted by Gasteiger charge is -2.38. The molecule has 1 saturated heterocycles. The van der Waals surface area contributed by atoms with Gasteiger partial charge in [0.2, 0.25) is 0 Å². The summed E-state index contributed by atoms with van der Waals surface area (Å²) in [5, 5.41) is 9.04. The van der Waals surface area contributed by atoms with Crippen molar-refractivity contribution in [2.75, 3.05) is 20.2 Å². The molecule has 0 bridgehead atoms. The fourth-order valence-corrected chi connectivity index (χ4v) is 2.94. The highest BCUT2D eigenvalue weighted by Gasteiger charge is 2.25. The van der Waals surface area contributed by atoms with Gasteiger partial charge in [-0.25, -0.2) is 0 Å². The minimum absolute atomic E-state index is 0.425. The standard InChI is InChI=1S/C16H23N3O/c1-12-5-6-19(15(7-12)10-18)11-14-8-13(9-17)3-4-16(14)20-2/h3-4,8,12,15H,5-7,10-11,18H2,1-2H3. The number of hydrogen-bond donors (Lipinski definition) is 1. The Morgan fingerprint density at radius 2 is 2.30 bits per heavy atom. The van der Waals surface area contributed by atoms with Crippen LogP contribution >= 0.6 is 0 Å². The van der Waals surface area contributed by atoms with Crippen molar-refractivity contribution in [2.24, 2.45) is 11.7 Å². The lowest BCUT2D eigenvalue weighted by Crippen LogP contribution is -2.45.